The lowest BCUT2D eigenvalue weighted by Crippen LogP contribution is -2.42. The van der Waals surface area contributed by atoms with E-state index in [0.29, 0.717) is 11.3 Å². The summed E-state index contributed by atoms with van der Waals surface area (Å²) in [6.45, 7) is 3.16. The molecule has 0 bridgehead atoms. The molecule has 5 nitrogen and oxygen atoms in total. The highest BCUT2D eigenvalue weighted by molar-refractivity contribution is 6.01. The lowest BCUT2D eigenvalue weighted by Gasteiger charge is -2.37. The van der Waals surface area contributed by atoms with E-state index in [-0.39, 0.29) is 18.0 Å². The summed E-state index contributed by atoms with van der Waals surface area (Å²) in [6, 6.07) is 17.2. The number of aromatic amines is 1. The van der Waals surface area contributed by atoms with Crippen molar-refractivity contribution in [2.75, 3.05) is 4.90 Å². The molecule has 3 aromatic carbocycles. The number of rotatable bonds is 5. The topological polar surface area (TPSA) is 65.2 Å². The first-order chi connectivity index (χ1) is 18.0. The molecule has 0 saturated heterocycles. The molecular formula is C29H25F4N3O2. The highest BCUT2D eigenvalue weighted by atomic mass is 19.4. The van der Waals surface area contributed by atoms with Gasteiger partial charge in [-0.05, 0) is 53.3 Å². The van der Waals surface area contributed by atoms with E-state index in [9.17, 15) is 27.2 Å². The number of halogens is 4. The van der Waals surface area contributed by atoms with Crippen molar-refractivity contribution in [2.45, 2.75) is 39.0 Å². The number of para-hydroxylation sites is 1. The lowest BCUT2D eigenvalue weighted by molar-refractivity contribution is -0.138. The second-order valence-corrected chi connectivity index (χ2v) is 9.60. The maximum absolute atomic E-state index is 14.7. The van der Waals surface area contributed by atoms with Gasteiger partial charge in [0.25, 0.3) is 5.91 Å². The monoisotopic (exact) mass is 523 g/mol. The molecule has 2 atom stereocenters. The van der Waals surface area contributed by atoms with Crippen LogP contribution in [0.4, 0.5) is 23.2 Å². The third-order valence-electron chi connectivity index (χ3n) is 7.25. The van der Waals surface area contributed by atoms with Crippen molar-refractivity contribution < 1.29 is 27.2 Å². The Morgan fingerprint density at radius 1 is 1.00 bits per heavy atom. The molecule has 0 fully saturated rings. The summed E-state index contributed by atoms with van der Waals surface area (Å²) in [4.78, 5) is 30.7. The predicted octanol–water partition coefficient (Wildman–Crippen LogP) is 6.54. The van der Waals surface area contributed by atoms with Crippen molar-refractivity contribution in [3.63, 3.8) is 0 Å². The fourth-order valence-electron chi connectivity index (χ4n) is 4.96. The maximum Gasteiger partial charge on any atom is 0.416 e. The lowest BCUT2D eigenvalue weighted by atomic mass is 9.82. The van der Waals surface area contributed by atoms with Crippen molar-refractivity contribution in [3.8, 4) is 0 Å². The molecule has 1 aliphatic heterocycles. The number of alkyl halides is 3. The second-order valence-electron chi connectivity index (χ2n) is 9.60. The number of aromatic nitrogens is 1. The molecule has 4 aromatic rings. The van der Waals surface area contributed by atoms with Crippen molar-refractivity contribution in [3.05, 3.63) is 100 Å². The van der Waals surface area contributed by atoms with Crippen LogP contribution in [0.5, 0.6) is 0 Å². The van der Waals surface area contributed by atoms with Gasteiger partial charge in [0.1, 0.15) is 5.82 Å². The first-order valence-corrected chi connectivity index (χ1v) is 12.2. The van der Waals surface area contributed by atoms with E-state index in [1.165, 1.54) is 6.07 Å². The minimum absolute atomic E-state index is 0.227. The highest BCUT2D eigenvalue weighted by Crippen LogP contribution is 2.42. The summed E-state index contributed by atoms with van der Waals surface area (Å²) in [6.07, 6.45) is -4.79. The van der Waals surface area contributed by atoms with Crippen LogP contribution in [0, 0.1) is 11.7 Å². The van der Waals surface area contributed by atoms with Crippen LogP contribution >= 0.6 is 0 Å². The number of nitrogens with one attached hydrogen (secondary N) is 2. The number of carbonyl (C=O) groups is 2. The molecular weight excluding hydrogens is 498 g/mol. The fourth-order valence-corrected chi connectivity index (χ4v) is 4.96. The smallest absolute Gasteiger partial charge is 0.357 e. The molecule has 0 aliphatic carbocycles. The van der Waals surface area contributed by atoms with Crippen LogP contribution in [0.1, 0.15) is 52.5 Å². The van der Waals surface area contributed by atoms with E-state index in [0.717, 1.165) is 39.7 Å². The number of carbonyl (C=O) groups excluding carboxylic acids is 2. The van der Waals surface area contributed by atoms with Gasteiger partial charge in [0.2, 0.25) is 5.91 Å². The Labute approximate surface area is 216 Å². The molecule has 0 radical (unpaired) electrons. The Morgan fingerprint density at radius 2 is 1.76 bits per heavy atom. The van der Waals surface area contributed by atoms with Gasteiger partial charge in [-0.3, -0.25) is 9.59 Å². The van der Waals surface area contributed by atoms with Gasteiger partial charge in [0.15, 0.2) is 0 Å². The SMILES string of the molecule is CC1C(=O)N(Cc2c(F)cccc2C(F)(F)F)c2cc(C(=O)NCc3cc4ccccc4[nH]3)ccc2[C@@H]1C. The first-order valence-electron chi connectivity index (χ1n) is 12.2. The second kappa shape index (κ2) is 9.63. The van der Waals surface area contributed by atoms with Gasteiger partial charge in [-0.1, -0.05) is 44.2 Å². The number of hydrogen-bond acceptors (Lipinski definition) is 2. The molecule has 2 N–H and O–H groups in total. The van der Waals surface area contributed by atoms with Crippen molar-refractivity contribution in [1.29, 1.82) is 0 Å². The molecule has 2 heterocycles. The van der Waals surface area contributed by atoms with Gasteiger partial charge in [-0.2, -0.15) is 13.2 Å². The molecule has 196 valence electrons. The highest BCUT2D eigenvalue weighted by Gasteiger charge is 2.39. The van der Waals surface area contributed by atoms with Crippen LogP contribution in [0.15, 0.2) is 66.7 Å². The number of nitrogens with zero attached hydrogens (tertiary/aromatic N) is 1. The Hall–Kier alpha value is -4.14. The molecule has 9 heteroatoms. The van der Waals surface area contributed by atoms with E-state index in [1.54, 1.807) is 19.1 Å². The Balaban J connectivity index is 1.46. The standard InChI is InChI=1S/C29H25F4N3O2/c1-16-17(2)28(38)36(15-22-23(29(31,32)33)7-5-8-24(22)30)26-13-19(10-11-21(16)26)27(37)34-14-20-12-18-6-3-4-9-25(18)35-20/h3-13,16-17,35H,14-15H2,1-2H3,(H,34,37)/t16-,17?/m1/s1. The summed E-state index contributed by atoms with van der Waals surface area (Å²) in [5, 5.41) is 3.84. The fraction of sp³-hybridized carbons (Fsp3) is 0.241. The summed E-state index contributed by atoms with van der Waals surface area (Å²) >= 11 is 0. The zero-order chi connectivity index (χ0) is 27.2. The van der Waals surface area contributed by atoms with Crippen LogP contribution in [0.2, 0.25) is 0 Å². The number of amides is 2. The van der Waals surface area contributed by atoms with Crippen molar-refractivity contribution in [1.82, 2.24) is 10.3 Å². The molecule has 0 spiro atoms. The zero-order valence-electron chi connectivity index (χ0n) is 20.7. The average molecular weight is 524 g/mol. The largest absolute Gasteiger partial charge is 0.416 e. The van der Waals surface area contributed by atoms with Crippen molar-refractivity contribution in [2.24, 2.45) is 5.92 Å². The Bertz CT molecular complexity index is 1510. The van der Waals surface area contributed by atoms with E-state index in [2.05, 4.69) is 10.3 Å². The van der Waals surface area contributed by atoms with E-state index in [4.69, 9.17) is 0 Å². The Kier molecular flexibility index (Phi) is 6.46. The van der Waals surface area contributed by atoms with Crippen LogP contribution in [-0.2, 0) is 24.1 Å². The number of benzene rings is 3. The molecule has 1 aromatic heterocycles. The number of anilines is 1. The van der Waals surface area contributed by atoms with Gasteiger partial charge in [0.05, 0.1) is 18.7 Å². The summed E-state index contributed by atoms with van der Waals surface area (Å²) in [5.41, 5.74) is 1.23. The van der Waals surface area contributed by atoms with Crippen molar-refractivity contribution >= 4 is 28.4 Å². The molecule has 1 unspecified atom stereocenters. The molecule has 1 aliphatic rings. The molecule has 2 amide bonds. The van der Waals surface area contributed by atoms with Crippen LogP contribution < -0.4 is 10.2 Å². The van der Waals surface area contributed by atoms with E-state index >= 15 is 0 Å². The minimum Gasteiger partial charge on any atom is -0.357 e. The summed E-state index contributed by atoms with van der Waals surface area (Å²) in [7, 11) is 0. The van der Waals surface area contributed by atoms with Gasteiger partial charge in [-0.25, -0.2) is 4.39 Å². The van der Waals surface area contributed by atoms with Crippen LogP contribution in [-0.4, -0.2) is 16.8 Å². The molecule has 5 rings (SSSR count). The molecule has 0 saturated carbocycles. The minimum atomic E-state index is -4.79. The average Bonchev–Trinajstić information content (AvgIpc) is 3.31. The third kappa shape index (κ3) is 4.64. The van der Waals surface area contributed by atoms with Gasteiger partial charge in [-0.15, -0.1) is 0 Å². The number of H-pyrrole nitrogens is 1. The quantitative estimate of drug-likeness (QED) is 0.292. The first kappa shape index (κ1) is 25.5. The summed E-state index contributed by atoms with van der Waals surface area (Å²) in [5.74, 6) is -2.66. The third-order valence-corrected chi connectivity index (χ3v) is 7.25. The summed E-state index contributed by atoms with van der Waals surface area (Å²) < 4.78 is 55.6. The van der Waals surface area contributed by atoms with Crippen LogP contribution in [0.3, 0.4) is 0 Å². The number of fused-ring (bicyclic) bond motifs is 2. The van der Waals surface area contributed by atoms with Gasteiger partial charge in [0, 0.05) is 33.9 Å². The van der Waals surface area contributed by atoms with Gasteiger partial charge < -0.3 is 15.2 Å². The normalized spacial score (nSPS) is 17.5. The predicted molar refractivity (Wildman–Crippen MR) is 136 cm³/mol. The van der Waals surface area contributed by atoms with E-state index < -0.39 is 47.4 Å². The number of hydrogen-bond donors (Lipinski definition) is 2. The van der Waals surface area contributed by atoms with Crippen LogP contribution in [0.25, 0.3) is 10.9 Å². The van der Waals surface area contributed by atoms with Gasteiger partial charge >= 0.3 is 6.18 Å². The Morgan fingerprint density at radius 3 is 2.50 bits per heavy atom. The zero-order valence-corrected chi connectivity index (χ0v) is 20.7. The van der Waals surface area contributed by atoms with E-state index in [1.807, 2.05) is 37.3 Å². The maximum atomic E-state index is 14.7. The molecule has 38 heavy (non-hydrogen) atoms.